The minimum Gasteiger partial charge on any atom is -0.496 e. The van der Waals surface area contributed by atoms with Crippen molar-refractivity contribution in [2.24, 2.45) is 5.92 Å². The maximum absolute atomic E-state index is 13.2. The third-order valence-corrected chi connectivity index (χ3v) is 5.32. The molecule has 1 atom stereocenters. The predicted octanol–water partition coefficient (Wildman–Crippen LogP) is 4.04. The van der Waals surface area contributed by atoms with Gasteiger partial charge in [0.1, 0.15) is 11.5 Å². The number of nitrogens with zero attached hydrogens (tertiary/aromatic N) is 2. The highest BCUT2D eigenvalue weighted by atomic mass is 16.5. The molecule has 8 nitrogen and oxygen atoms in total. The lowest BCUT2D eigenvalue weighted by molar-refractivity contribution is -0.137. The van der Waals surface area contributed by atoms with Gasteiger partial charge in [0.2, 0.25) is 0 Å². The fraction of sp³-hybridized carbons (Fsp3) is 0.346. The molecule has 1 heterocycles. The molecule has 0 aliphatic carbocycles. The molecule has 0 radical (unpaired) electrons. The van der Waals surface area contributed by atoms with Crippen LogP contribution in [0, 0.1) is 5.92 Å². The number of hydrogen-bond acceptors (Lipinski definition) is 5. The Labute approximate surface area is 199 Å². The Bertz CT molecular complexity index is 1100. The van der Waals surface area contributed by atoms with E-state index in [2.05, 4.69) is 24.3 Å². The average Bonchev–Trinajstić information content (AvgIpc) is 3.21. The Kier molecular flexibility index (Phi) is 8.29. The van der Waals surface area contributed by atoms with Crippen LogP contribution >= 0.6 is 0 Å². The summed E-state index contributed by atoms with van der Waals surface area (Å²) in [6.45, 7) is 4.70. The van der Waals surface area contributed by atoms with E-state index < -0.39 is 17.9 Å². The van der Waals surface area contributed by atoms with Crippen LogP contribution in [0.15, 0.2) is 54.6 Å². The number of carbonyl (C=O) groups excluding carboxylic acids is 1. The molecule has 2 N–H and O–H groups in total. The molecule has 0 bridgehead atoms. The summed E-state index contributed by atoms with van der Waals surface area (Å²) in [6, 6.07) is 16.1. The Morgan fingerprint density at radius 1 is 1.03 bits per heavy atom. The number of carboxylic acid groups (broad SMARTS) is 1. The van der Waals surface area contributed by atoms with Gasteiger partial charge in [-0.1, -0.05) is 50.2 Å². The third-order valence-electron chi connectivity index (χ3n) is 5.32. The summed E-state index contributed by atoms with van der Waals surface area (Å²) >= 11 is 0. The summed E-state index contributed by atoms with van der Waals surface area (Å²) < 4.78 is 12.9. The van der Waals surface area contributed by atoms with Gasteiger partial charge in [-0.25, -0.2) is 0 Å². The van der Waals surface area contributed by atoms with E-state index in [4.69, 9.17) is 9.47 Å². The molecule has 0 aliphatic heterocycles. The lowest BCUT2D eigenvalue weighted by Gasteiger charge is -2.16. The number of nitrogens with one attached hydrogen (secondary N) is 1. The zero-order valence-corrected chi connectivity index (χ0v) is 19.9. The largest absolute Gasteiger partial charge is 0.496 e. The molecule has 1 amide bonds. The van der Waals surface area contributed by atoms with Gasteiger partial charge in [-0.2, -0.15) is 5.10 Å². The molecule has 0 aliphatic rings. The van der Waals surface area contributed by atoms with Gasteiger partial charge in [0.05, 0.1) is 31.9 Å². The molecule has 3 aromatic rings. The molecule has 2 aromatic carbocycles. The molecule has 0 spiro atoms. The van der Waals surface area contributed by atoms with Gasteiger partial charge in [0.15, 0.2) is 5.69 Å². The van der Waals surface area contributed by atoms with Crippen LogP contribution < -0.4 is 14.8 Å². The predicted molar refractivity (Wildman–Crippen MR) is 129 cm³/mol. The van der Waals surface area contributed by atoms with E-state index in [1.807, 2.05) is 48.5 Å². The van der Waals surface area contributed by atoms with Crippen molar-refractivity contribution in [3.8, 4) is 22.8 Å². The highest BCUT2D eigenvalue weighted by Crippen LogP contribution is 2.38. The topological polar surface area (TPSA) is 103 Å². The van der Waals surface area contributed by atoms with Crippen LogP contribution in [0.4, 0.5) is 0 Å². The van der Waals surface area contributed by atoms with Crippen molar-refractivity contribution in [1.82, 2.24) is 15.1 Å². The second-order valence-electron chi connectivity index (χ2n) is 8.49. The van der Waals surface area contributed by atoms with E-state index >= 15 is 0 Å². The fourth-order valence-electron chi connectivity index (χ4n) is 3.86. The smallest absolute Gasteiger partial charge is 0.305 e. The number of benzene rings is 2. The van der Waals surface area contributed by atoms with Gasteiger partial charge in [-0.05, 0) is 36.1 Å². The van der Waals surface area contributed by atoms with Crippen molar-refractivity contribution < 1.29 is 24.2 Å². The summed E-state index contributed by atoms with van der Waals surface area (Å²) in [5.41, 5.74) is 2.53. The number of rotatable bonds is 11. The van der Waals surface area contributed by atoms with E-state index in [-0.39, 0.29) is 18.0 Å². The molecule has 0 saturated carbocycles. The standard InChI is InChI=1S/C26H31N3O5/c1-17(2)16-29-21(25-22(33-3)11-8-12-23(25)34-4)15-20(28-29)26(32)27-19(14-24(30)31)13-18-9-6-5-7-10-18/h5-12,15,17,19H,13-14,16H2,1-4H3,(H,27,32)(H,30,31)/t19-/m0/s1. The lowest BCUT2D eigenvalue weighted by Crippen LogP contribution is -2.38. The lowest BCUT2D eigenvalue weighted by atomic mass is 10.0. The quantitative estimate of drug-likeness (QED) is 0.443. The monoisotopic (exact) mass is 465 g/mol. The van der Waals surface area contributed by atoms with Gasteiger partial charge in [0, 0.05) is 12.6 Å². The van der Waals surface area contributed by atoms with E-state index in [1.54, 1.807) is 25.0 Å². The first-order valence-electron chi connectivity index (χ1n) is 11.2. The van der Waals surface area contributed by atoms with Gasteiger partial charge >= 0.3 is 5.97 Å². The molecule has 34 heavy (non-hydrogen) atoms. The van der Waals surface area contributed by atoms with Crippen LogP contribution in [0.5, 0.6) is 11.5 Å². The summed E-state index contributed by atoms with van der Waals surface area (Å²) in [5.74, 6) is 0.0620. The molecular weight excluding hydrogens is 434 g/mol. The van der Waals surface area contributed by atoms with E-state index in [1.165, 1.54) is 0 Å². The van der Waals surface area contributed by atoms with Crippen LogP contribution in [0.2, 0.25) is 0 Å². The van der Waals surface area contributed by atoms with Crippen LogP contribution in [0.3, 0.4) is 0 Å². The van der Waals surface area contributed by atoms with Crippen molar-refractivity contribution in [2.45, 2.75) is 39.3 Å². The summed E-state index contributed by atoms with van der Waals surface area (Å²) in [7, 11) is 3.16. The summed E-state index contributed by atoms with van der Waals surface area (Å²) in [5, 5.41) is 16.8. The van der Waals surface area contributed by atoms with Crippen molar-refractivity contribution in [2.75, 3.05) is 14.2 Å². The van der Waals surface area contributed by atoms with Gasteiger partial charge in [0.25, 0.3) is 5.91 Å². The maximum Gasteiger partial charge on any atom is 0.305 e. The molecule has 3 rings (SSSR count). The van der Waals surface area contributed by atoms with Crippen LogP contribution in [0.25, 0.3) is 11.3 Å². The van der Waals surface area contributed by atoms with Crippen molar-refractivity contribution >= 4 is 11.9 Å². The van der Waals surface area contributed by atoms with Gasteiger partial charge in [-0.3, -0.25) is 14.3 Å². The summed E-state index contributed by atoms with van der Waals surface area (Å²) in [4.78, 5) is 24.6. The molecular formula is C26H31N3O5. The zero-order chi connectivity index (χ0) is 24.7. The SMILES string of the molecule is COc1cccc(OC)c1-c1cc(C(=O)N[C@H](CC(=O)O)Cc2ccccc2)nn1CC(C)C. The summed E-state index contributed by atoms with van der Waals surface area (Å²) in [6.07, 6.45) is 0.208. The number of carboxylic acids is 1. The number of carbonyl (C=O) groups is 2. The molecule has 8 heteroatoms. The van der Waals surface area contributed by atoms with Crippen molar-refractivity contribution in [3.63, 3.8) is 0 Å². The first-order chi connectivity index (χ1) is 16.3. The van der Waals surface area contributed by atoms with Gasteiger partial charge in [-0.15, -0.1) is 0 Å². The first kappa shape index (κ1) is 24.8. The minimum atomic E-state index is -0.981. The number of ether oxygens (including phenoxy) is 2. The Balaban J connectivity index is 1.96. The van der Waals surface area contributed by atoms with E-state index in [0.717, 1.165) is 5.56 Å². The van der Waals surface area contributed by atoms with Crippen LogP contribution in [-0.2, 0) is 17.8 Å². The van der Waals surface area contributed by atoms with Gasteiger partial charge < -0.3 is 19.9 Å². The number of aliphatic carboxylic acids is 1. The van der Waals surface area contributed by atoms with Crippen LogP contribution in [0.1, 0.15) is 36.3 Å². The number of amides is 1. The second kappa shape index (κ2) is 11.4. The molecule has 1 aromatic heterocycles. The van der Waals surface area contributed by atoms with E-state index in [0.29, 0.717) is 35.7 Å². The highest BCUT2D eigenvalue weighted by molar-refractivity contribution is 5.94. The second-order valence-corrected chi connectivity index (χ2v) is 8.49. The molecule has 0 fully saturated rings. The number of aromatic nitrogens is 2. The molecule has 0 unspecified atom stereocenters. The van der Waals surface area contributed by atoms with Crippen molar-refractivity contribution in [3.05, 3.63) is 65.9 Å². The van der Waals surface area contributed by atoms with Crippen LogP contribution in [-0.4, -0.2) is 47.0 Å². The highest BCUT2D eigenvalue weighted by Gasteiger charge is 2.24. The number of methoxy groups -OCH3 is 2. The Morgan fingerprint density at radius 2 is 1.68 bits per heavy atom. The zero-order valence-electron chi connectivity index (χ0n) is 19.9. The fourth-order valence-corrected chi connectivity index (χ4v) is 3.86. The first-order valence-corrected chi connectivity index (χ1v) is 11.2. The molecule has 180 valence electrons. The Hall–Kier alpha value is -3.81. The Morgan fingerprint density at radius 3 is 2.24 bits per heavy atom. The van der Waals surface area contributed by atoms with E-state index in [9.17, 15) is 14.7 Å². The molecule has 0 saturated heterocycles. The minimum absolute atomic E-state index is 0.194. The average molecular weight is 466 g/mol. The number of hydrogen-bond donors (Lipinski definition) is 2. The van der Waals surface area contributed by atoms with Crippen molar-refractivity contribution in [1.29, 1.82) is 0 Å². The third kappa shape index (κ3) is 6.15. The normalized spacial score (nSPS) is 11.8. The maximum atomic E-state index is 13.2.